The van der Waals surface area contributed by atoms with Crippen molar-refractivity contribution in [2.45, 2.75) is 0 Å². The molecule has 0 atom stereocenters. The zero-order valence-electron chi connectivity index (χ0n) is 8.39. The molecule has 0 unspecified atom stereocenters. The predicted molar refractivity (Wildman–Crippen MR) is 64.4 cm³/mol. The van der Waals surface area contributed by atoms with Gasteiger partial charge < -0.3 is 5.32 Å². The van der Waals surface area contributed by atoms with Crippen LogP contribution >= 0.6 is 15.9 Å². The summed E-state index contributed by atoms with van der Waals surface area (Å²) < 4.78 is 13.9. The van der Waals surface area contributed by atoms with Crippen LogP contribution in [0, 0.1) is 18.2 Å². The van der Waals surface area contributed by atoms with Gasteiger partial charge in [0.05, 0.1) is 18.8 Å². The van der Waals surface area contributed by atoms with Crippen LogP contribution in [0.1, 0.15) is 0 Å². The van der Waals surface area contributed by atoms with Crippen molar-refractivity contribution in [3.05, 3.63) is 28.5 Å². The van der Waals surface area contributed by atoms with Gasteiger partial charge >= 0.3 is 0 Å². The maximum Gasteiger partial charge on any atom is 0.238 e. The standard InChI is InChI=1S/C11H10BrFN2O/c1-2-5-14-7-11(16)15-10-4-3-8(12)6-9(10)13/h1,3-4,6,14H,5,7H2,(H,15,16). The Labute approximate surface area is 102 Å². The van der Waals surface area contributed by atoms with Gasteiger partial charge in [0.25, 0.3) is 0 Å². The molecule has 0 heterocycles. The zero-order chi connectivity index (χ0) is 12.0. The second-order valence-corrected chi connectivity index (χ2v) is 3.90. The third kappa shape index (κ3) is 4.01. The average molecular weight is 285 g/mol. The molecule has 1 aromatic rings. The van der Waals surface area contributed by atoms with Crippen molar-refractivity contribution in [3.8, 4) is 12.3 Å². The molecule has 0 bridgehead atoms. The number of carbonyl (C=O) groups is 1. The van der Waals surface area contributed by atoms with Crippen LogP contribution in [0.25, 0.3) is 0 Å². The zero-order valence-corrected chi connectivity index (χ0v) is 9.97. The van der Waals surface area contributed by atoms with Crippen LogP contribution in [-0.4, -0.2) is 19.0 Å². The molecule has 1 amide bonds. The molecule has 0 aliphatic heterocycles. The average Bonchev–Trinajstić information content (AvgIpc) is 2.23. The number of benzene rings is 1. The van der Waals surface area contributed by atoms with Gasteiger partial charge in [0.2, 0.25) is 5.91 Å². The van der Waals surface area contributed by atoms with E-state index in [0.29, 0.717) is 11.0 Å². The van der Waals surface area contributed by atoms with Gasteiger partial charge in [0.15, 0.2) is 0 Å². The van der Waals surface area contributed by atoms with Crippen LogP contribution in [-0.2, 0) is 4.79 Å². The maximum absolute atomic E-state index is 13.3. The lowest BCUT2D eigenvalue weighted by atomic mass is 10.3. The lowest BCUT2D eigenvalue weighted by Gasteiger charge is -2.06. The summed E-state index contributed by atoms with van der Waals surface area (Å²) in [6.07, 6.45) is 5.00. The Morgan fingerprint density at radius 1 is 1.56 bits per heavy atom. The van der Waals surface area contributed by atoms with Crippen LogP contribution < -0.4 is 10.6 Å². The van der Waals surface area contributed by atoms with E-state index in [0.717, 1.165) is 0 Å². The van der Waals surface area contributed by atoms with Crippen LogP contribution in [0.5, 0.6) is 0 Å². The molecular formula is C11H10BrFN2O. The molecule has 84 valence electrons. The Kier molecular flexibility index (Phi) is 4.96. The molecule has 16 heavy (non-hydrogen) atoms. The fourth-order valence-corrected chi connectivity index (χ4v) is 1.37. The molecule has 3 nitrogen and oxygen atoms in total. The molecular weight excluding hydrogens is 275 g/mol. The van der Waals surface area contributed by atoms with E-state index in [1.807, 2.05) is 0 Å². The summed E-state index contributed by atoms with van der Waals surface area (Å²) >= 11 is 3.13. The number of halogens is 2. The molecule has 0 aromatic heterocycles. The smallest absolute Gasteiger partial charge is 0.238 e. The van der Waals surface area contributed by atoms with Gasteiger partial charge in [0, 0.05) is 4.47 Å². The minimum atomic E-state index is -0.486. The monoisotopic (exact) mass is 284 g/mol. The van der Waals surface area contributed by atoms with Crippen LogP contribution in [0.3, 0.4) is 0 Å². The van der Waals surface area contributed by atoms with E-state index in [-0.39, 0.29) is 18.1 Å². The first-order valence-corrected chi connectivity index (χ1v) is 5.32. The first kappa shape index (κ1) is 12.7. The van der Waals surface area contributed by atoms with E-state index in [9.17, 15) is 9.18 Å². The van der Waals surface area contributed by atoms with Gasteiger partial charge in [-0.25, -0.2) is 4.39 Å². The van der Waals surface area contributed by atoms with Crippen LogP contribution in [0.4, 0.5) is 10.1 Å². The Hall–Kier alpha value is -1.38. The number of rotatable bonds is 4. The summed E-state index contributed by atoms with van der Waals surface area (Å²) in [5, 5.41) is 5.14. The number of amides is 1. The Balaban J connectivity index is 2.53. The minimum Gasteiger partial charge on any atom is -0.322 e. The highest BCUT2D eigenvalue weighted by Gasteiger charge is 2.06. The number of anilines is 1. The molecule has 0 aliphatic rings. The number of hydrogen-bond acceptors (Lipinski definition) is 2. The third-order valence-corrected chi connectivity index (χ3v) is 2.21. The van der Waals surface area contributed by atoms with Crippen molar-refractivity contribution in [1.82, 2.24) is 5.32 Å². The van der Waals surface area contributed by atoms with E-state index in [2.05, 4.69) is 32.5 Å². The van der Waals surface area contributed by atoms with Crippen molar-refractivity contribution in [2.75, 3.05) is 18.4 Å². The van der Waals surface area contributed by atoms with Crippen molar-refractivity contribution >= 4 is 27.5 Å². The number of hydrogen-bond donors (Lipinski definition) is 2. The molecule has 0 spiro atoms. The number of terminal acetylenes is 1. The highest BCUT2D eigenvalue weighted by Crippen LogP contribution is 2.18. The van der Waals surface area contributed by atoms with Gasteiger partial charge in [-0.15, -0.1) is 6.42 Å². The molecule has 0 saturated carbocycles. The second-order valence-electron chi connectivity index (χ2n) is 2.98. The lowest BCUT2D eigenvalue weighted by Crippen LogP contribution is -2.28. The highest BCUT2D eigenvalue weighted by molar-refractivity contribution is 9.10. The fraction of sp³-hybridized carbons (Fsp3) is 0.182. The second kappa shape index (κ2) is 6.26. The minimum absolute atomic E-state index is 0.0553. The molecule has 0 aliphatic carbocycles. The third-order valence-electron chi connectivity index (χ3n) is 1.72. The van der Waals surface area contributed by atoms with Crippen LogP contribution in [0.15, 0.2) is 22.7 Å². The molecule has 0 fully saturated rings. The van der Waals surface area contributed by atoms with Gasteiger partial charge in [0.1, 0.15) is 5.82 Å². The van der Waals surface area contributed by atoms with Crippen molar-refractivity contribution in [2.24, 2.45) is 0 Å². The molecule has 1 aromatic carbocycles. The number of carbonyl (C=O) groups excluding carboxylic acids is 1. The van der Waals surface area contributed by atoms with Crippen molar-refractivity contribution < 1.29 is 9.18 Å². The summed E-state index contributed by atoms with van der Waals surface area (Å²) in [7, 11) is 0. The van der Waals surface area contributed by atoms with E-state index in [1.165, 1.54) is 12.1 Å². The summed E-state index contributed by atoms with van der Waals surface area (Å²) in [6, 6.07) is 4.41. The van der Waals surface area contributed by atoms with Crippen molar-refractivity contribution in [3.63, 3.8) is 0 Å². The Bertz CT molecular complexity index is 428. The summed E-state index contributed by atoms with van der Waals surface area (Å²) in [5.41, 5.74) is 0.149. The molecule has 0 radical (unpaired) electrons. The molecule has 2 N–H and O–H groups in total. The largest absolute Gasteiger partial charge is 0.322 e. The SMILES string of the molecule is C#CCNCC(=O)Nc1ccc(Br)cc1F. The normalized spacial score (nSPS) is 9.56. The van der Waals surface area contributed by atoms with Crippen molar-refractivity contribution in [1.29, 1.82) is 0 Å². The first-order chi connectivity index (χ1) is 7.63. The fourth-order valence-electron chi connectivity index (χ4n) is 1.03. The molecule has 1 rings (SSSR count). The van der Waals surface area contributed by atoms with Crippen LogP contribution in [0.2, 0.25) is 0 Å². The molecule has 5 heteroatoms. The highest BCUT2D eigenvalue weighted by atomic mass is 79.9. The van der Waals surface area contributed by atoms with Gasteiger partial charge in [-0.3, -0.25) is 10.1 Å². The molecule has 0 saturated heterocycles. The predicted octanol–water partition coefficient (Wildman–Crippen LogP) is 1.75. The van der Waals surface area contributed by atoms with E-state index in [4.69, 9.17) is 6.42 Å². The first-order valence-electron chi connectivity index (χ1n) is 4.52. The van der Waals surface area contributed by atoms with Gasteiger partial charge in [-0.05, 0) is 18.2 Å². The quantitative estimate of drug-likeness (QED) is 0.653. The summed E-state index contributed by atoms with van der Waals surface area (Å²) in [4.78, 5) is 11.3. The van der Waals surface area contributed by atoms with E-state index in [1.54, 1.807) is 6.07 Å². The van der Waals surface area contributed by atoms with Gasteiger partial charge in [-0.1, -0.05) is 21.9 Å². The van der Waals surface area contributed by atoms with E-state index < -0.39 is 5.82 Å². The van der Waals surface area contributed by atoms with Gasteiger partial charge in [-0.2, -0.15) is 0 Å². The topological polar surface area (TPSA) is 41.1 Å². The van der Waals surface area contributed by atoms with E-state index >= 15 is 0 Å². The number of nitrogens with one attached hydrogen (secondary N) is 2. The Morgan fingerprint density at radius 3 is 2.94 bits per heavy atom. The maximum atomic E-state index is 13.3. The summed E-state index contributed by atoms with van der Waals surface area (Å²) in [5.74, 6) is 1.51. The lowest BCUT2D eigenvalue weighted by molar-refractivity contribution is -0.115. The summed E-state index contributed by atoms with van der Waals surface area (Å²) in [6.45, 7) is 0.357. The Morgan fingerprint density at radius 2 is 2.31 bits per heavy atom.